The molecule has 0 saturated heterocycles. The van der Waals surface area contributed by atoms with Crippen LogP contribution in [0.2, 0.25) is 0 Å². The fraction of sp³-hybridized carbons (Fsp3) is 0.647. The van der Waals surface area contributed by atoms with Gasteiger partial charge in [-0.05, 0) is 36.3 Å². The van der Waals surface area contributed by atoms with Crippen LogP contribution in [0.15, 0.2) is 24.3 Å². The molecule has 0 fully saturated rings. The molecule has 1 aromatic rings. The molecule has 0 spiro atoms. The molecule has 2 atom stereocenters. The summed E-state index contributed by atoms with van der Waals surface area (Å²) in [4.78, 5) is 0. The van der Waals surface area contributed by atoms with Crippen molar-refractivity contribution in [3.8, 4) is 0 Å². The van der Waals surface area contributed by atoms with Crippen molar-refractivity contribution in [1.82, 2.24) is 5.32 Å². The Morgan fingerprint density at radius 2 is 1.61 bits per heavy atom. The molecule has 0 radical (unpaired) electrons. The molecular formula is C17H29N. The molecule has 0 heterocycles. The van der Waals surface area contributed by atoms with Gasteiger partial charge in [-0.2, -0.15) is 0 Å². The van der Waals surface area contributed by atoms with Gasteiger partial charge in [0.2, 0.25) is 0 Å². The molecule has 1 N–H and O–H groups in total. The van der Waals surface area contributed by atoms with Crippen LogP contribution in [0, 0.1) is 5.92 Å². The van der Waals surface area contributed by atoms with Gasteiger partial charge < -0.3 is 5.32 Å². The first-order chi connectivity index (χ1) is 8.52. The van der Waals surface area contributed by atoms with Crippen LogP contribution in [-0.2, 0) is 6.54 Å². The van der Waals surface area contributed by atoms with E-state index in [1.54, 1.807) is 0 Å². The first kappa shape index (κ1) is 15.2. The monoisotopic (exact) mass is 247 g/mol. The third-order valence-electron chi connectivity index (χ3n) is 3.75. The van der Waals surface area contributed by atoms with Crippen LogP contribution in [0.3, 0.4) is 0 Å². The van der Waals surface area contributed by atoms with Crippen molar-refractivity contribution in [1.29, 1.82) is 0 Å². The van der Waals surface area contributed by atoms with E-state index in [2.05, 4.69) is 64.2 Å². The fourth-order valence-electron chi connectivity index (χ4n) is 2.17. The maximum absolute atomic E-state index is 3.61. The lowest BCUT2D eigenvalue weighted by molar-refractivity contribution is 0.412. The summed E-state index contributed by atoms with van der Waals surface area (Å²) in [7, 11) is 0. The molecule has 1 heteroatoms. The molecule has 0 aliphatic heterocycles. The summed E-state index contributed by atoms with van der Waals surface area (Å²) in [5.41, 5.74) is 2.81. The Labute approximate surface area is 113 Å². The van der Waals surface area contributed by atoms with Crippen molar-refractivity contribution >= 4 is 0 Å². The largest absolute Gasteiger partial charge is 0.310 e. The topological polar surface area (TPSA) is 12.0 Å². The fourth-order valence-corrected chi connectivity index (χ4v) is 2.17. The Morgan fingerprint density at radius 3 is 2.11 bits per heavy atom. The van der Waals surface area contributed by atoms with Gasteiger partial charge in [0, 0.05) is 12.6 Å². The van der Waals surface area contributed by atoms with Crippen LogP contribution < -0.4 is 5.32 Å². The van der Waals surface area contributed by atoms with Crippen LogP contribution in [0.25, 0.3) is 0 Å². The minimum Gasteiger partial charge on any atom is -0.310 e. The molecule has 0 amide bonds. The van der Waals surface area contributed by atoms with Crippen LogP contribution in [-0.4, -0.2) is 6.04 Å². The highest BCUT2D eigenvalue weighted by Crippen LogP contribution is 2.15. The van der Waals surface area contributed by atoms with Gasteiger partial charge in [0.1, 0.15) is 0 Å². The average molecular weight is 247 g/mol. The van der Waals surface area contributed by atoms with Crippen LogP contribution in [0.1, 0.15) is 64.5 Å². The summed E-state index contributed by atoms with van der Waals surface area (Å²) in [6.45, 7) is 12.3. The lowest BCUT2D eigenvalue weighted by atomic mass is 9.99. The van der Waals surface area contributed by atoms with E-state index < -0.39 is 0 Å². The van der Waals surface area contributed by atoms with Crippen molar-refractivity contribution in [3.63, 3.8) is 0 Å². The zero-order valence-corrected chi connectivity index (χ0v) is 12.7. The van der Waals surface area contributed by atoms with Crippen molar-refractivity contribution in [2.75, 3.05) is 0 Å². The second-order valence-electron chi connectivity index (χ2n) is 5.93. The molecule has 0 aromatic heterocycles. The molecule has 0 aliphatic carbocycles. The average Bonchev–Trinajstić information content (AvgIpc) is 2.36. The Balaban J connectivity index is 2.39. The van der Waals surface area contributed by atoms with Gasteiger partial charge in [-0.1, -0.05) is 58.4 Å². The highest BCUT2D eigenvalue weighted by molar-refractivity contribution is 5.24. The molecule has 0 aliphatic rings. The number of hydrogen-bond acceptors (Lipinski definition) is 1. The molecule has 1 rings (SSSR count). The highest BCUT2D eigenvalue weighted by Gasteiger charge is 2.06. The van der Waals surface area contributed by atoms with Gasteiger partial charge in [-0.3, -0.25) is 0 Å². The summed E-state index contributed by atoms with van der Waals surface area (Å²) in [5, 5.41) is 3.61. The first-order valence-corrected chi connectivity index (χ1v) is 7.35. The highest BCUT2D eigenvalue weighted by atomic mass is 14.9. The van der Waals surface area contributed by atoms with Crippen LogP contribution in [0.4, 0.5) is 0 Å². The zero-order valence-electron chi connectivity index (χ0n) is 12.7. The second-order valence-corrected chi connectivity index (χ2v) is 5.93. The Bertz CT molecular complexity index is 326. The van der Waals surface area contributed by atoms with E-state index in [-0.39, 0.29) is 0 Å². The van der Waals surface area contributed by atoms with E-state index in [9.17, 15) is 0 Å². The van der Waals surface area contributed by atoms with Gasteiger partial charge in [0.25, 0.3) is 0 Å². The summed E-state index contributed by atoms with van der Waals surface area (Å²) in [6.07, 6.45) is 2.54. The minimum absolute atomic E-state index is 0.602. The van der Waals surface area contributed by atoms with E-state index in [0.717, 1.165) is 12.5 Å². The standard InChI is InChI=1S/C17H29N/c1-6-14(4)11-15(5)18-12-16-7-9-17(10-8-16)13(2)3/h7-10,13-15,18H,6,11-12H2,1-5H3. The van der Waals surface area contributed by atoms with Crippen molar-refractivity contribution < 1.29 is 0 Å². The predicted molar refractivity (Wildman–Crippen MR) is 80.9 cm³/mol. The molecule has 2 unspecified atom stereocenters. The number of nitrogens with one attached hydrogen (secondary N) is 1. The molecular weight excluding hydrogens is 218 g/mol. The van der Waals surface area contributed by atoms with Crippen molar-refractivity contribution in [2.45, 2.75) is 66.0 Å². The van der Waals surface area contributed by atoms with Gasteiger partial charge in [0.05, 0.1) is 0 Å². The van der Waals surface area contributed by atoms with Crippen LogP contribution in [0.5, 0.6) is 0 Å². The normalized spacial score (nSPS) is 14.8. The summed E-state index contributed by atoms with van der Waals surface area (Å²) < 4.78 is 0. The van der Waals surface area contributed by atoms with Gasteiger partial charge in [0.15, 0.2) is 0 Å². The van der Waals surface area contributed by atoms with E-state index in [1.807, 2.05) is 0 Å². The lowest BCUT2D eigenvalue weighted by Gasteiger charge is -2.17. The third kappa shape index (κ3) is 5.22. The molecule has 102 valence electrons. The van der Waals surface area contributed by atoms with Crippen molar-refractivity contribution in [3.05, 3.63) is 35.4 Å². The summed E-state index contributed by atoms with van der Waals surface area (Å²) >= 11 is 0. The van der Waals surface area contributed by atoms with E-state index in [1.165, 1.54) is 24.0 Å². The first-order valence-electron chi connectivity index (χ1n) is 7.35. The zero-order chi connectivity index (χ0) is 13.5. The number of hydrogen-bond donors (Lipinski definition) is 1. The second kappa shape index (κ2) is 7.58. The summed E-state index contributed by atoms with van der Waals surface area (Å²) in [5.74, 6) is 1.44. The third-order valence-corrected chi connectivity index (χ3v) is 3.75. The van der Waals surface area contributed by atoms with E-state index in [4.69, 9.17) is 0 Å². The lowest BCUT2D eigenvalue weighted by Crippen LogP contribution is -2.27. The molecule has 1 nitrogen and oxygen atoms in total. The number of rotatable bonds is 7. The van der Waals surface area contributed by atoms with Gasteiger partial charge in [-0.25, -0.2) is 0 Å². The number of benzene rings is 1. The Kier molecular flexibility index (Phi) is 6.42. The van der Waals surface area contributed by atoms with E-state index >= 15 is 0 Å². The predicted octanol–water partition coefficient (Wildman–Crippen LogP) is 4.72. The maximum atomic E-state index is 3.61. The Hall–Kier alpha value is -0.820. The molecule has 0 bridgehead atoms. The smallest absolute Gasteiger partial charge is 0.0207 e. The summed E-state index contributed by atoms with van der Waals surface area (Å²) in [6, 6.07) is 9.60. The maximum Gasteiger partial charge on any atom is 0.0207 e. The molecule has 18 heavy (non-hydrogen) atoms. The molecule has 0 saturated carbocycles. The van der Waals surface area contributed by atoms with E-state index in [0.29, 0.717) is 12.0 Å². The SMILES string of the molecule is CCC(C)CC(C)NCc1ccc(C(C)C)cc1. The minimum atomic E-state index is 0.602. The van der Waals surface area contributed by atoms with Gasteiger partial charge >= 0.3 is 0 Å². The quantitative estimate of drug-likeness (QED) is 0.735. The Morgan fingerprint density at radius 1 is 1.00 bits per heavy atom. The van der Waals surface area contributed by atoms with Crippen molar-refractivity contribution in [2.24, 2.45) is 5.92 Å². The van der Waals surface area contributed by atoms with Crippen LogP contribution >= 0.6 is 0 Å². The van der Waals surface area contributed by atoms with Gasteiger partial charge in [-0.15, -0.1) is 0 Å². The molecule has 1 aromatic carbocycles.